The van der Waals surface area contributed by atoms with E-state index in [1.54, 1.807) is 30.3 Å². The van der Waals surface area contributed by atoms with Crippen LogP contribution in [0.2, 0.25) is 0 Å². The number of hydrogen-bond donors (Lipinski definition) is 2. The number of guanidine groups is 1. The lowest BCUT2D eigenvalue weighted by molar-refractivity contribution is -0.127. The zero-order valence-corrected chi connectivity index (χ0v) is 20.5. The zero-order valence-electron chi connectivity index (χ0n) is 17.4. The van der Waals surface area contributed by atoms with Gasteiger partial charge in [0.1, 0.15) is 6.54 Å². The van der Waals surface area contributed by atoms with Crippen molar-refractivity contribution in [3.05, 3.63) is 22.4 Å². The number of fused-ring (bicyclic) bond motifs is 2. The first-order chi connectivity index (χ1) is 13.6. The number of amides is 1. The molecule has 1 saturated heterocycles. The Balaban J connectivity index is 0.00000240. The summed E-state index contributed by atoms with van der Waals surface area (Å²) in [6.07, 6.45) is 7.58. The Labute approximate surface area is 194 Å². The van der Waals surface area contributed by atoms with Crippen LogP contribution in [0.4, 0.5) is 0 Å². The minimum atomic E-state index is 0. The highest BCUT2D eigenvalue weighted by Gasteiger charge is 2.65. The second-order valence-electron chi connectivity index (χ2n) is 8.52. The Kier molecular flexibility index (Phi) is 7.83. The Morgan fingerprint density at radius 2 is 2.17 bits per heavy atom. The van der Waals surface area contributed by atoms with E-state index in [4.69, 9.17) is 4.74 Å². The van der Waals surface area contributed by atoms with Crippen molar-refractivity contribution in [2.45, 2.75) is 50.7 Å². The summed E-state index contributed by atoms with van der Waals surface area (Å²) < 4.78 is 6.10. The molecule has 3 unspecified atom stereocenters. The summed E-state index contributed by atoms with van der Waals surface area (Å²) in [5.41, 5.74) is 0.267. The third-order valence-electron chi connectivity index (χ3n) is 6.69. The molecule has 8 heteroatoms. The molecule has 6 nitrogen and oxygen atoms in total. The van der Waals surface area contributed by atoms with E-state index in [9.17, 15) is 4.79 Å². The van der Waals surface area contributed by atoms with Crippen LogP contribution < -0.4 is 10.6 Å². The van der Waals surface area contributed by atoms with E-state index in [0.29, 0.717) is 18.1 Å². The van der Waals surface area contributed by atoms with Gasteiger partial charge in [-0.2, -0.15) is 0 Å². The first-order valence-electron chi connectivity index (χ1n) is 10.5. The maximum Gasteiger partial charge on any atom is 0.243 e. The van der Waals surface area contributed by atoms with Crippen molar-refractivity contribution in [1.82, 2.24) is 15.5 Å². The van der Waals surface area contributed by atoms with Gasteiger partial charge in [-0.1, -0.05) is 18.9 Å². The van der Waals surface area contributed by atoms with Gasteiger partial charge in [0.15, 0.2) is 5.96 Å². The van der Waals surface area contributed by atoms with Crippen LogP contribution in [0.1, 0.15) is 37.0 Å². The van der Waals surface area contributed by atoms with E-state index in [0.717, 1.165) is 32.0 Å². The van der Waals surface area contributed by atoms with E-state index >= 15 is 0 Å². The summed E-state index contributed by atoms with van der Waals surface area (Å²) in [5, 5.41) is 9.30. The molecule has 1 aliphatic heterocycles. The molecule has 2 saturated carbocycles. The van der Waals surface area contributed by atoms with Crippen LogP contribution >= 0.6 is 35.3 Å². The number of aliphatic imine (C=N–C) groups is 1. The molecule has 1 spiro atoms. The predicted octanol–water partition coefficient (Wildman–Crippen LogP) is 2.88. The number of carbonyl (C=O) groups is 1. The second kappa shape index (κ2) is 9.96. The van der Waals surface area contributed by atoms with Gasteiger partial charge in [0, 0.05) is 49.5 Å². The summed E-state index contributed by atoms with van der Waals surface area (Å²) in [7, 11) is 3.55. The molecule has 3 fully saturated rings. The SMILES string of the molecule is CN(C)C(=O)CN=C(NCCc1cccs1)NC1C2CCOC2C12CCCC2.I. The number of likely N-dealkylation sites (N-methyl/N-ethyl adjacent to an activating group) is 1. The van der Waals surface area contributed by atoms with Gasteiger partial charge in [-0.3, -0.25) is 4.79 Å². The molecular formula is C21H33IN4O2S. The van der Waals surface area contributed by atoms with Gasteiger partial charge in [-0.05, 0) is 37.1 Å². The first kappa shape index (κ1) is 22.8. The number of hydrogen-bond acceptors (Lipinski definition) is 4. The predicted molar refractivity (Wildman–Crippen MR) is 128 cm³/mol. The number of halogens is 1. The fourth-order valence-corrected chi connectivity index (χ4v) is 5.96. The molecule has 0 aromatic carbocycles. The minimum Gasteiger partial charge on any atom is -0.377 e. The van der Waals surface area contributed by atoms with Crippen LogP contribution in [-0.2, 0) is 16.0 Å². The maximum atomic E-state index is 12.1. The monoisotopic (exact) mass is 532 g/mol. The lowest BCUT2D eigenvalue weighted by Crippen LogP contribution is -2.69. The molecule has 1 amide bonds. The topological polar surface area (TPSA) is 66.0 Å². The molecule has 2 N–H and O–H groups in total. The Bertz CT molecular complexity index is 704. The smallest absolute Gasteiger partial charge is 0.243 e. The van der Waals surface area contributed by atoms with E-state index < -0.39 is 0 Å². The van der Waals surface area contributed by atoms with Crippen molar-refractivity contribution in [2.75, 3.05) is 33.8 Å². The summed E-state index contributed by atoms with van der Waals surface area (Å²) in [4.78, 5) is 19.6. The molecule has 2 heterocycles. The van der Waals surface area contributed by atoms with Crippen molar-refractivity contribution in [1.29, 1.82) is 0 Å². The van der Waals surface area contributed by atoms with Crippen LogP contribution in [0.15, 0.2) is 22.5 Å². The Hall–Kier alpha value is -0.870. The molecule has 2 aliphatic carbocycles. The summed E-state index contributed by atoms with van der Waals surface area (Å²) in [5.74, 6) is 1.37. The number of thiophene rings is 1. The Morgan fingerprint density at radius 3 is 2.86 bits per heavy atom. The number of ether oxygens (including phenoxy) is 1. The lowest BCUT2D eigenvalue weighted by Gasteiger charge is -2.57. The van der Waals surface area contributed by atoms with E-state index in [2.05, 4.69) is 33.1 Å². The first-order valence-corrected chi connectivity index (χ1v) is 11.4. The van der Waals surface area contributed by atoms with Gasteiger partial charge >= 0.3 is 0 Å². The number of rotatable bonds is 6. The molecule has 1 aromatic rings. The highest BCUT2D eigenvalue weighted by molar-refractivity contribution is 14.0. The van der Waals surface area contributed by atoms with Crippen LogP contribution in [0, 0.1) is 11.3 Å². The maximum absolute atomic E-state index is 12.1. The highest BCUT2D eigenvalue weighted by atomic mass is 127. The highest BCUT2D eigenvalue weighted by Crippen LogP contribution is 2.60. The van der Waals surface area contributed by atoms with E-state index in [1.807, 2.05) is 0 Å². The van der Waals surface area contributed by atoms with Gasteiger partial charge in [0.2, 0.25) is 5.91 Å². The Morgan fingerprint density at radius 1 is 1.38 bits per heavy atom. The van der Waals surface area contributed by atoms with Crippen molar-refractivity contribution < 1.29 is 9.53 Å². The third kappa shape index (κ3) is 4.74. The fourth-order valence-electron chi connectivity index (χ4n) is 5.25. The summed E-state index contributed by atoms with van der Waals surface area (Å²) in [6, 6.07) is 4.65. The molecule has 1 aromatic heterocycles. The van der Waals surface area contributed by atoms with Gasteiger partial charge < -0.3 is 20.3 Å². The molecule has 0 radical (unpaired) electrons. The van der Waals surface area contributed by atoms with Crippen LogP contribution in [0.25, 0.3) is 0 Å². The minimum absolute atomic E-state index is 0. The van der Waals surface area contributed by atoms with Crippen LogP contribution in [0.3, 0.4) is 0 Å². The van der Waals surface area contributed by atoms with Crippen molar-refractivity contribution in [2.24, 2.45) is 16.3 Å². The molecule has 4 rings (SSSR count). The molecule has 3 atom stereocenters. The van der Waals surface area contributed by atoms with Gasteiger partial charge in [0.25, 0.3) is 0 Å². The average molecular weight is 532 g/mol. The quantitative estimate of drug-likeness (QED) is 0.336. The van der Waals surface area contributed by atoms with E-state index in [-0.39, 0.29) is 41.8 Å². The normalized spacial score (nSPS) is 27.1. The van der Waals surface area contributed by atoms with Gasteiger partial charge in [-0.25, -0.2) is 4.99 Å². The van der Waals surface area contributed by atoms with Crippen molar-refractivity contribution in [3.8, 4) is 0 Å². The fraction of sp³-hybridized carbons (Fsp3) is 0.714. The zero-order chi connectivity index (χ0) is 19.6. The number of nitrogens with one attached hydrogen (secondary N) is 2. The lowest BCUT2D eigenvalue weighted by atomic mass is 9.54. The second-order valence-corrected chi connectivity index (χ2v) is 9.55. The van der Waals surface area contributed by atoms with Crippen LogP contribution in [-0.4, -0.2) is 62.7 Å². The molecule has 0 bridgehead atoms. The third-order valence-corrected chi connectivity index (χ3v) is 7.63. The van der Waals surface area contributed by atoms with Gasteiger partial charge in [0.05, 0.1) is 6.10 Å². The average Bonchev–Trinajstić information content (AvgIpc) is 3.43. The van der Waals surface area contributed by atoms with Crippen LogP contribution in [0.5, 0.6) is 0 Å². The van der Waals surface area contributed by atoms with Gasteiger partial charge in [-0.15, -0.1) is 35.3 Å². The largest absolute Gasteiger partial charge is 0.377 e. The number of carbonyl (C=O) groups excluding carboxylic acids is 1. The van der Waals surface area contributed by atoms with E-state index in [1.165, 1.54) is 30.6 Å². The molecule has 29 heavy (non-hydrogen) atoms. The van der Waals surface area contributed by atoms with Crippen molar-refractivity contribution >= 4 is 47.2 Å². The molecular weight excluding hydrogens is 499 g/mol. The number of nitrogens with zero attached hydrogens (tertiary/aromatic N) is 2. The summed E-state index contributed by atoms with van der Waals surface area (Å²) >= 11 is 1.78. The van der Waals surface area contributed by atoms with Crippen molar-refractivity contribution in [3.63, 3.8) is 0 Å². The summed E-state index contributed by atoms with van der Waals surface area (Å²) in [6.45, 7) is 1.87. The molecule has 3 aliphatic rings. The standard InChI is InChI=1S/C21H32N4O2S.HI/c1-25(2)17(26)14-23-20(22-11-7-15-6-5-13-28-15)24-18-16-8-12-27-19(16)21(18)9-3-4-10-21;/h5-6,13,16,18-19H,3-4,7-12,14H2,1-2H3,(H2,22,23,24);1H. The molecule has 162 valence electrons.